The van der Waals surface area contributed by atoms with Crippen molar-refractivity contribution in [2.75, 3.05) is 5.73 Å². The lowest BCUT2D eigenvalue weighted by Crippen LogP contribution is -2.06. The Morgan fingerprint density at radius 1 is 1.62 bits per heavy atom. The Balaban J connectivity index is 2.25. The van der Waals surface area contributed by atoms with Crippen molar-refractivity contribution < 1.29 is 4.92 Å². The van der Waals surface area contributed by atoms with Gasteiger partial charge in [-0.1, -0.05) is 11.6 Å². The lowest BCUT2D eigenvalue weighted by molar-refractivity contribution is -0.384. The summed E-state index contributed by atoms with van der Waals surface area (Å²) in [6.07, 6.45) is 2.63. The SMILES string of the molecule is Nc1c([N+](=O)[O-])cnn1Cc1ncc(Cl)s1. The molecule has 0 spiro atoms. The topological polar surface area (TPSA) is 99.9 Å². The van der Waals surface area contributed by atoms with E-state index in [1.54, 1.807) is 0 Å². The third-order valence-corrected chi connectivity index (χ3v) is 2.97. The van der Waals surface area contributed by atoms with Crippen molar-refractivity contribution in [1.29, 1.82) is 0 Å². The summed E-state index contributed by atoms with van der Waals surface area (Å²) in [5.74, 6) is 0.0105. The van der Waals surface area contributed by atoms with E-state index < -0.39 is 4.92 Å². The standard InChI is InChI=1S/C7H6ClN5O2S/c8-5-2-10-6(16-5)3-12-7(9)4(1-11-12)13(14)15/h1-2H,3,9H2. The number of rotatable bonds is 3. The first-order valence-electron chi connectivity index (χ1n) is 4.14. The fourth-order valence-electron chi connectivity index (χ4n) is 1.14. The van der Waals surface area contributed by atoms with Gasteiger partial charge >= 0.3 is 5.69 Å². The summed E-state index contributed by atoms with van der Waals surface area (Å²) in [5.41, 5.74) is 5.36. The van der Waals surface area contributed by atoms with Gasteiger partial charge in [0.25, 0.3) is 0 Å². The molecule has 2 N–H and O–H groups in total. The van der Waals surface area contributed by atoms with Crippen LogP contribution in [0.5, 0.6) is 0 Å². The zero-order valence-corrected chi connectivity index (χ0v) is 9.40. The van der Waals surface area contributed by atoms with Crippen molar-refractivity contribution >= 4 is 34.4 Å². The van der Waals surface area contributed by atoms with Crippen LogP contribution in [0.1, 0.15) is 5.01 Å². The van der Waals surface area contributed by atoms with Crippen LogP contribution < -0.4 is 5.73 Å². The van der Waals surface area contributed by atoms with E-state index in [-0.39, 0.29) is 18.1 Å². The van der Waals surface area contributed by atoms with E-state index in [1.807, 2.05) is 0 Å². The summed E-state index contributed by atoms with van der Waals surface area (Å²) in [4.78, 5) is 14.0. The second kappa shape index (κ2) is 4.06. The third kappa shape index (κ3) is 1.97. The van der Waals surface area contributed by atoms with Crippen molar-refractivity contribution in [2.24, 2.45) is 0 Å². The first kappa shape index (κ1) is 10.8. The van der Waals surface area contributed by atoms with E-state index in [0.29, 0.717) is 9.34 Å². The molecule has 0 unspecified atom stereocenters. The van der Waals surface area contributed by atoms with Crippen molar-refractivity contribution in [3.8, 4) is 0 Å². The van der Waals surface area contributed by atoms with Gasteiger partial charge in [-0.2, -0.15) is 5.10 Å². The van der Waals surface area contributed by atoms with Gasteiger partial charge in [0, 0.05) is 0 Å². The molecule has 0 bridgehead atoms. The molecular weight excluding hydrogens is 254 g/mol. The lowest BCUT2D eigenvalue weighted by Gasteiger charge is -1.99. The molecule has 84 valence electrons. The highest BCUT2D eigenvalue weighted by molar-refractivity contribution is 7.15. The summed E-state index contributed by atoms with van der Waals surface area (Å²) in [5, 5.41) is 15.0. The highest BCUT2D eigenvalue weighted by Gasteiger charge is 2.18. The normalized spacial score (nSPS) is 10.6. The molecule has 7 nitrogen and oxygen atoms in total. The van der Waals surface area contributed by atoms with Crippen molar-refractivity contribution in [3.63, 3.8) is 0 Å². The van der Waals surface area contributed by atoms with Crippen LogP contribution in [0, 0.1) is 10.1 Å². The summed E-state index contributed by atoms with van der Waals surface area (Å²) < 4.78 is 1.86. The van der Waals surface area contributed by atoms with Crippen molar-refractivity contribution in [1.82, 2.24) is 14.8 Å². The molecule has 2 aromatic rings. The van der Waals surface area contributed by atoms with E-state index in [9.17, 15) is 10.1 Å². The second-order valence-corrected chi connectivity index (χ2v) is 4.63. The number of nitrogens with two attached hydrogens (primary N) is 1. The highest BCUT2D eigenvalue weighted by Crippen LogP contribution is 2.23. The minimum absolute atomic E-state index is 0.0105. The number of hydrogen-bond donors (Lipinski definition) is 1. The Morgan fingerprint density at radius 3 is 2.88 bits per heavy atom. The quantitative estimate of drug-likeness (QED) is 0.665. The molecule has 0 saturated carbocycles. The monoisotopic (exact) mass is 259 g/mol. The third-order valence-electron chi connectivity index (χ3n) is 1.87. The maximum absolute atomic E-state index is 10.5. The second-order valence-electron chi connectivity index (χ2n) is 2.89. The van der Waals surface area contributed by atoms with Gasteiger partial charge in [-0.3, -0.25) is 10.1 Å². The molecule has 0 radical (unpaired) electrons. The Bertz CT molecular complexity index is 537. The van der Waals surface area contributed by atoms with Crippen LogP contribution in [0.2, 0.25) is 4.34 Å². The van der Waals surface area contributed by atoms with Crippen molar-refractivity contribution in [2.45, 2.75) is 6.54 Å². The molecule has 0 aromatic carbocycles. The minimum atomic E-state index is -0.576. The van der Waals surface area contributed by atoms with E-state index in [2.05, 4.69) is 10.1 Å². The predicted molar refractivity (Wildman–Crippen MR) is 59.5 cm³/mol. The number of nitrogens with zero attached hydrogens (tertiary/aromatic N) is 4. The van der Waals surface area contributed by atoms with Gasteiger partial charge in [-0.05, 0) is 0 Å². The van der Waals surface area contributed by atoms with Gasteiger partial charge in [0.1, 0.15) is 15.5 Å². The number of nitro groups is 1. The summed E-state index contributed by atoms with van der Waals surface area (Å²) in [6, 6.07) is 0. The number of hydrogen-bond acceptors (Lipinski definition) is 6. The number of aromatic nitrogens is 3. The summed E-state index contributed by atoms with van der Waals surface area (Å²) in [7, 11) is 0. The minimum Gasteiger partial charge on any atom is -0.378 e. The summed E-state index contributed by atoms with van der Waals surface area (Å²) in [6.45, 7) is 0.275. The largest absolute Gasteiger partial charge is 0.378 e. The summed E-state index contributed by atoms with van der Waals surface area (Å²) >= 11 is 6.99. The molecule has 0 aliphatic carbocycles. The Morgan fingerprint density at radius 2 is 2.38 bits per heavy atom. The van der Waals surface area contributed by atoms with E-state index in [1.165, 1.54) is 22.2 Å². The molecule has 9 heteroatoms. The predicted octanol–water partition coefficient (Wildman–Crippen LogP) is 1.53. The van der Waals surface area contributed by atoms with Crippen LogP contribution in [0.15, 0.2) is 12.4 Å². The molecule has 0 aliphatic heterocycles. The van der Waals surface area contributed by atoms with Gasteiger partial charge in [0.2, 0.25) is 5.82 Å². The van der Waals surface area contributed by atoms with Crippen LogP contribution in [0.3, 0.4) is 0 Å². The maximum atomic E-state index is 10.5. The molecule has 0 atom stereocenters. The number of anilines is 1. The van der Waals surface area contributed by atoms with E-state index >= 15 is 0 Å². The van der Waals surface area contributed by atoms with Crippen molar-refractivity contribution in [3.05, 3.63) is 31.9 Å². The van der Waals surface area contributed by atoms with E-state index in [0.717, 1.165) is 6.20 Å². The van der Waals surface area contributed by atoms with Gasteiger partial charge in [0.15, 0.2) is 0 Å². The Kier molecular flexibility index (Phi) is 2.75. The van der Waals surface area contributed by atoms with Crippen LogP contribution >= 0.6 is 22.9 Å². The smallest absolute Gasteiger partial charge is 0.330 e. The van der Waals surface area contributed by atoms with Gasteiger partial charge in [-0.25, -0.2) is 9.67 Å². The van der Waals surface area contributed by atoms with Gasteiger partial charge in [0.05, 0.1) is 17.7 Å². The molecule has 0 fully saturated rings. The molecule has 2 rings (SSSR count). The Hall–Kier alpha value is -1.67. The fraction of sp³-hybridized carbons (Fsp3) is 0.143. The first-order chi connectivity index (χ1) is 7.58. The van der Waals surface area contributed by atoms with Crippen LogP contribution in [-0.4, -0.2) is 19.7 Å². The Labute approximate surface area is 98.6 Å². The van der Waals surface area contributed by atoms with Gasteiger partial charge in [-0.15, -0.1) is 11.3 Å². The molecular formula is C7H6ClN5O2S. The average Bonchev–Trinajstić information content (AvgIpc) is 2.76. The fourth-order valence-corrected chi connectivity index (χ4v) is 2.08. The van der Waals surface area contributed by atoms with Crippen LogP contribution in [0.4, 0.5) is 11.5 Å². The number of halogens is 1. The highest BCUT2D eigenvalue weighted by atomic mass is 35.5. The molecule has 2 aromatic heterocycles. The molecule has 16 heavy (non-hydrogen) atoms. The zero-order valence-electron chi connectivity index (χ0n) is 7.83. The number of nitrogen functional groups attached to an aromatic ring is 1. The number of thiazole rings is 1. The van der Waals surface area contributed by atoms with Crippen LogP contribution in [-0.2, 0) is 6.54 Å². The van der Waals surface area contributed by atoms with E-state index in [4.69, 9.17) is 17.3 Å². The maximum Gasteiger partial charge on any atom is 0.330 e. The van der Waals surface area contributed by atoms with Crippen LogP contribution in [0.25, 0.3) is 0 Å². The first-order valence-corrected chi connectivity index (χ1v) is 5.33. The molecule has 0 amide bonds. The molecule has 2 heterocycles. The molecule has 0 aliphatic rings. The lowest BCUT2D eigenvalue weighted by atomic mass is 10.5. The molecule has 0 saturated heterocycles. The zero-order chi connectivity index (χ0) is 11.7. The van der Waals surface area contributed by atoms with Gasteiger partial charge < -0.3 is 5.73 Å². The average molecular weight is 260 g/mol.